The van der Waals surface area contributed by atoms with Crippen molar-refractivity contribution >= 4 is 12.1 Å². The minimum Gasteiger partial charge on any atom is -0.478 e. The highest BCUT2D eigenvalue weighted by molar-refractivity contribution is 5.88. The minimum atomic E-state index is -1.15. The second-order valence-corrected chi connectivity index (χ2v) is 2.25. The number of carboxylic acids is 1. The first-order valence-electron chi connectivity index (χ1n) is 3.21. The van der Waals surface area contributed by atoms with E-state index in [4.69, 9.17) is 10.2 Å². The summed E-state index contributed by atoms with van der Waals surface area (Å²) in [6, 6.07) is 0. The summed E-state index contributed by atoms with van der Waals surface area (Å²) in [5.74, 6) is -1.09. The van der Waals surface area contributed by atoms with Crippen LogP contribution in [0.4, 0.5) is 4.79 Å². The van der Waals surface area contributed by atoms with E-state index < -0.39 is 12.1 Å². The van der Waals surface area contributed by atoms with E-state index in [1.54, 1.807) is 0 Å². The Hall–Kier alpha value is -1.78. The SMILES string of the molecule is O=C(O)C1=CC=CN(C(=O)O)C1. The lowest BCUT2D eigenvalue weighted by atomic mass is 10.2. The van der Waals surface area contributed by atoms with Crippen molar-refractivity contribution in [3.05, 3.63) is 23.9 Å². The molecule has 1 aliphatic rings. The van der Waals surface area contributed by atoms with Gasteiger partial charge in [0.05, 0.1) is 12.1 Å². The van der Waals surface area contributed by atoms with Crippen molar-refractivity contribution in [1.29, 1.82) is 0 Å². The summed E-state index contributed by atoms with van der Waals surface area (Å²) in [7, 11) is 0. The van der Waals surface area contributed by atoms with Crippen molar-refractivity contribution in [2.24, 2.45) is 0 Å². The van der Waals surface area contributed by atoms with Gasteiger partial charge in [0.25, 0.3) is 0 Å². The van der Waals surface area contributed by atoms with Crippen LogP contribution < -0.4 is 0 Å². The molecule has 0 spiro atoms. The normalized spacial score (nSPS) is 15.7. The standard InChI is InChI=1S/C7H7NO4/c9-6(10)5-2-1-3-8(4-5)7(11)12/h1-3H,4H2,(H,9,10)(H,11,12). The molecule has 2 N–H and O–H groups in total. The number of hydrogen-bond acceptors (Lipinski definition) is 2. The molecule has 0 aromatic heterocycles. The molecule has 0 fully saturated rings. The molecule has 0 atom stereocenters. The molecule has 0 saturated heterocycles. The van der Waals surface area contributed by atoms with Crippen molar-refractivity contribution in [2.75, 3.05) is 6.54 Å². The highest BCUT2D eigenvalue weighted by Crippen LogP contribution is 2.07. The van der Waals surface area contributed by atoms with Crippen LogP contribution >= 0.6 is 0 Å². The van der Waals surface area contributed by atoms with E-state index in [0.29, 0.717) is 0 Å². The van der Waals surface area contributed by atoms with E-state index in [0.717, 1.165) is 4.90 Å². The summed E-state index contributed by atoms with van der Waals surface area (Å²) >= 11 is 0. The van der Waals surface area contributed by atoms with Crippen LogP contribution in [-0.2, 0) is 4.79 Å². The molecule has 1 aliphatic heterocycles. The lowest BCUT2D eigenvalue weighted by Crippen LogP contribution is -2.29. The summed E-state index contributed by atoms with van der Waals surface area (Å²) in [4.78, 5) is 21.7. The van der Waals surface area contributed by atoms with E-state index >= 15 is 0 Å². The zero-order chi connectivity index (χ0) is 9.14. The molecule has 1 heterocycles. The highest BCUT2D eigenvalue weighted by Gasteiger charge is 2.17. The number of aliphatic carboxylic acids is 1. The molecule has 5 heteroatoms. The third-order valence-electron chi connectivity index (χ3n) is 1.42. The van der Waals surface area contributed by atoms with Crippen LogP contribution in [0.2, 0.25) is 0 Å². The van der Waals surface area contributed by atoms with Crippen molar-refractivity contribution in [3.8, 4) is 0 Å². The molecule has 0 aromatic rings. The lowest BCUT2D eigenvalue weighted by Gasteiger charge is -2.16. The maximum absolute atomic E-state index is 10.4. The topological polar surface area (TPSA) is 77.8 Å². The molecule has 0 radical (unpaired) electrons. The third kappa shape index (κ3) is 1.63. The fourth-order valence-corrected chi connectivity index (χ4v) is 0.822. The first-order valence-corrected chi connectivity index (χ1v) is 3.21. The molecule has 0 unspecified atom stereocenters. The van der Waals surface area contributed by atoms with Gasteiger partial charge < -0.3 is 10.2 Å². The third-order valence-corrected chi connectivity index (χ3v) is 1.42. The molecule has 64 valence electrons. The summed E-state index contributed by atoms with van der Waals surface area (Å²) in [6.45, 7) is -0.0961. The van der Waals surface area contributed by atoms with Gasteiger partial charge in [0.2, 0.25) is 0 Å². The lowest BCUT2D eigenvalue weighted by molar-refractivity contribution is -0.132. The van der Waals surface area contributed by atoms with Crippen LogP contribution in [0.3, 0.4) is 0 Å². The molecule has 0 aliphatic carbocycles. The van der Waals surface area contributed by atoms with Gasteiger partial charge in [-0.2, -0.15) is 0 Å². The van der Waals surface area contributed by atoms with E-state index in [2.05, 4.69) is 0 Å². The second kappa shape index (κ2) is 3.08. The van der Waals surface area contributed by atoms with Gasteiger partial charge in [0.15, 0.2) is 0 Å². The van der Waals surface area contributed by atoms with Gasteiger partial charge in [-0.25, -0.2) is 9.59 Å². The molecule has 12 heavy (non-hydrogen) atoms. The van der Waals surface area contributed by atoms with Gasteiger partial charge >= 0.3 is 12.1 Å². The smallest absolute Gasteiger partial charge is 0.411 e. The van der Waals surface area contributed by atoms with Crippen LogP contribution in [-0.4, -0.2) is 33.7 Å². The molecule has 0 bridgehead atoms. The maximum atomic E-state index is 10.4. The van der Waals surface area contributed by atoms with Crippen molar-refractivity contribution in [3.63, 3.8) is 0 Å². The van der Waals surface area contributed by atoms with E-state index in [-0.39, 0.29) is 12.1 Å². The Labute approximate surface area is 68.2 Å². The Kier molecular flexibility index (Phi) is 2.14. The van der Waals surface area contributed by atoms with Crippen LogP contribution in [0.1, 0.15) is 0 Å². The second-order valence-electron chi connectivity index (χ2n) is 2.25. The van der Waals surface area contributed by atoms with E-state index in [9.17, 15) is 9.59 Å². The van der Waals surface area contributed by atoms with Gasteiger partial charge in [-0.05, 0) is 12.2 Å². The van der Waals surface area contributed by atoms with Gasteiger partial charge in [0.1, 0.15) is 0 Å². The Morgan fingerprint density at radius 3 is 2.58 bits per heavy atom. The summed E-state index contributed by atoms with van der Waals surface area (Å²) < 4.78 is 0. The Morgan fingerprint density at radius 2 is 2.08 bits per heavy atom. The fourth-order valence-electron chi connectivity index (χ4n) is 0.822. The molecular formula is C7H7NO4. The van der Waals surface area contributed by atoms with Gasteiger partial charge in [-0.3, -0.25) is 4.90 Å². The molecule has 0 aromatic carbocycles. The first-order chi connectivity index (χ1) is 5.61. The van der Waals surface area contributed by atoms with Crippen LogP contribution in [0.15, 0.2) is 23.9 Å². The summed E-state index contributed by atoms with van der Waals surface area (Å²) in [5, 5.41) is 17.0. The molecule has 1 amide bonds. The number of carbonyl (C=O) groups is 2. The monoisotopic (exact) mass is 169 g/mol. The van der Waals surface area contributed by atoms with Crippen LogP contribution in [0.5, 0.6) is 0 Å². The average Bonchev–Trinajstić information content (AvgIpc) is 2.04. The number of allylic oxidation sites excluding steroid dienone is 2. The van der Waals surface area contributed by atoms with E-state index in [1.165, 1.54) is 18.4 Å². The number of amides is 1. The number of hydrogen-bond donors (Lipinski definition) is 2. The number of nitrogens with zero attached hydrogens (tertiary/aromatic N) is 1. The Morgan fingerprint density at radius 1 is 1.42 bits per heavy atom. The van der Waals surface area contributed by atoms with Gasteiger partial charge in [-0.15, -0.1) is 0 Å². The van der Waals surface area contributed by atoms with E-state index in [1.807, 2.05) is 0 Å². The Balaban J connectivity index is 2.74. The quantitative estimate of drug-likeness (QED) is 0.599. The summed E-state index contributed by atoms with van der Waals surface area (Å²) in [5.41, 5.74) is 0.0694. The molecule has 5 nitrogen and oxygen atoms in total. The molecule has 1 rings (SSSR count). The molecule has 0 saturated carbocycles. The molecular weight excluding hydrogens is 162 g/mol. The van der Waals surface area contributed by atoms with Crippen molar-refractivity contribution in [1.82, 2.24) is 4.90 Å². The van der Waals surface area contributed by atoms with Gasteiger partial charge in [0, 0.05) is 6.20 Å². The Bertz CT molecular complexity index is 279. The highest BCUT2D eigenvalue weighted by atomic mass is 16.4. The predicted octanol–water partition coefficient (Wildman–Crippen LogP) is 0.505. The largest absolute Gasteiger partial charge is 0.478 e. The van der Waals surface area contributed by atoms with Crippen LogP contribution in [0.25, 0.3) is 0 Å². The van der Waals surface area contributed by atoms with Crippen LogP contribution in [0, 0.1) is 0 Å². The van der Waals surface area contributed by atoms with Gasteiger partial charge in [-0.1, -0.05) is 0 Å². The average molecular weight is 169 g/mol. The van der Waals surface area contributed by atoms with Crippen molar-refractivity contribution < 1.29 is 19.8 Å². The fraction of sp³-hybridized carbons (Fsp3) is 0.143. The zero-order valence-electron chi connectivity index (χ0n) is 6.10. The first kappa shape index (κ1) is 8.32. The zero-order valence-corrected chi connectivity index (χ0v) is 6.10. The summed E-state index contributed by atoms with van der Waals surface area (Å²) in [6.07, 6.45) is 2.93. The predicted molar refractivity (Wildman–Crippen MR) is 39.6 cm³/mol. The maximum Gasteiger partial charge on any atom is 0.411 e. The minimum absolute atomic E-state index is 0.0694. The van der Waals surface area contributed by atoms with Crippen molar-refractivity contribution in [2.45, 2.75) is 0 Å². The number of carboxylic acid groups (broad SMARTS) is 2. The number of rotatable bonds is 1.